The molecule has 1 unspecified atom stereocenters. The van der Waals surface area contributed by atoms with Crippen LogP contribution in [0.5, 0.6) is 5.75 Å². The number of anilines is 1. The molecule has 1 aromatic heterocycles. The quantitative estimate of drug-likeness (QED) is 0.281. The number of para-hydroxylation sites is 1. The topological polar surface area (TPSA) is 77.9 Å². The van der Waals surface area contributed by atoms with Gasteiger partial charge in [0.05, 0.1) is 6.54 Å². The second-order valence-electron chi connectivity index (χ2n) is 7.72. The first kappa shape index (κ1) is 26.1. The molecule has 1 aliphatic heterocycles. The Labute approximate surface area is 208 Å². The van der Waals surface area contributed by atoms with E-state index >= 15 is 0 Å². The van der Waals surface area contributed by atoms with Gasteiger partial charge in [0.25, 0.3) is 0 Å². The molecule has 176 valence electrons. The van der Waals surface area contributed by atoms with Crippen molar-refractivity contribution in [3.63, 3.8) is 0 Å². The molecule has 1 aliphatic rings. The van der Waals surface area contributed by atoms with E-state index in [2.05, 4.69) is 57.2 Å². The molecule has 0 bridgehead atoms. The van der Waals surface area contributed by atoms with Gasteiger partial charge in [0.15, 0.2) is 5.96 Å². The van der Waals surface area contributed by atoms with Crippen molar-refractivity contribution in [1.82, 2.24) is 25.5 Å². The zero-order valence-corrected chi connectivity index (χ0v) is 21.7. The molecule has 1 saturated heterocycles. The first-order chi connectivity index (χ1) is 15.2. The fourth-order valence-electron chi connectivity index (χ4n) is 3.46. The molecular formula is C23H36IN7O. The van der Waals surface area contributed by atoms with Crippen molar-refractivity contribution >= 4 is 35.9 Å². The van der Waals surface area contributed by atoms with Gasteiger partial charge in [0, 0.05) is 58.2 Å². The molecule has 0 aliphatic carbocycles. The predicted molar refractivity (Wildman–Crippen MR) is 141 cm³/mol. The maximum atomic E-state index is 6.03. The second-order valence-corrected chi connectivity index (χ2v) is 7.72. The number of hydrogen-bond acceptors (Lipinski definition) is 6. The average Bonchev–Trinajstić information content (AvgIpc) is 2.80. The van der Waals surface area contributed by atoms with Crippen LogP contribution in [-0.4, -0.2) is 79.3 Å². The first-order valence-corrected chi connectivity index (χ1v) is 11.1. The zero-order chi connectivity index (χ0) is 21.9. The molecule has 0 amide bonds. The molecule has 1 fully saturated rings. The van der Waals surface area contributed by atoms with Crippen LogP contribution >= 0.6 is 24.0 Å². The number of aromatic nitrogens is 2. The number of aryl methyl sites for hydroxylation is 1. The summed E-state index contributed by atoms with van der Waals surface area (Å²) in [5.41, 5.74) is 1.14. The van der Waals surface area contributed by atoms with E-state index in [0.717, 1.165) is 69.0 Å². The van der Waals surface area contributed by atoms with Gasteiger partial charge in [-0.15, -0.1) is 24.0 Å². The third kappa shape index (κ3) is 8.42. The molecule has 2 aromatic rings. The van der Waals surface area contributed by atoms with Crippen LogP contribution in [0.25, 0.3) is 0 Å². The third-order valence-electron chi connectivity index (χ3n) is 5.20. The molecule has 2 N–H and O–H groups in total. The highest BCUT2D eigenvalue weighted by atomic mass is 127. The minimum Gasteiger partial charge on any atom is -0.489 e. The molecular weight excluding hydrogens is 517 g/mol. The maximum absolute atomic E-state index is 6.03. The minimum atomic E-state index is 0. The Bertz CT molecular complexity index is 813. The molecule has 9 heteroatoms. The van der Waals surface area contributed by atoms with E-state index in [1.165, 1.54) is 0 Å². The summed E-state index contributed by atoms with van der Waals surface area (Å²) in [7, 11) is 0. The molecule has 1 atom stereocenters. The van der Waals surface area contributed by atoms with Crippen LogP contribution in [0.2, 0.25) is 0 Å². The Morgan fingerprint density at radius 2 is 1.81 bits per heavy atom. The van der Waals surface area contributed by atoms with Gasteiger partial charge < -0.3 is 20.3 Å². The van der Waals surface area contributed by atoms with Gasteiger partial charge in [-0.1, -0.05) is 18.2 Å². The van der Waals surface area contributed by atoms with E-state index in [9.17, 15) is 0 Å². The number of halogens is 1. The van der Waals surface area contributed by atoms with Crippen molar-refractivity contribution in [2.75, 3.05) is 57.3 Å². The fourth-order valence-corrected chi connectivity index (χ4v) is 3.46. The molecule has 3 rings (SSSR count). The summed E-state index contributed by atoms with van der Waals surface area (Å²) in [5, 5.41) is 6.76. The molecule has 32 heavy (non-hydrogen) atoms. The summed E-state index contributed by atoms with van der Waals surface area (Å²) in [6.07, 6.45) is 3.60. The lowest BCUT2D eigenvalue weighted by Gasteiger charge is -2.34. The second kappa shape index (κ2) is 14.1. The van der Waals surface area contributed by atoms with Crippen LogP contribution < -0.4 is 20.3 Å². The maximum Gasteiger partial charge on any atom is 0.225 e. The van der Waals surface area contributed by atoms with Crippen molar-refractivity contribution in [3.8, 4) is 5.75 Å². The summed E-state index contributed by atoms with van der Waals surface area (Å²) in [4.78, 5) is 18.1. The first-order valence-electron chi connectivity index (χ1n) is 11.1. The van der Waals surface area contributed by atoms with Crippen LogP contribution in [0.1, 0.15) is 19.4 Å². The lowest BCUT2D eigenvalue weighted by Crippen LogP contribution is -2.49. The Kier molecular flexibility index (Phi) is 11.5. The van der Waals surface area contributed by atoms with Gasteiger partial charge in [-0.2, -0.15) is 0 Å². The van der Waals surface area contributed by atoms with Crippen LogP contribution in [0.4, 0.5) is 5.95 Å². The SMILES string of the molecule is CCNC(=NCC(C)Oc1ccccc1C)NCCN1CCN(c2ncccn2)CC1.I. The lowest BCUT2D eigenvalue weighted by atomic mass is 10.2. The van der Waals surface area contributed by atoms with Gasteiger partial charge in [0.2, 0.25) is 5.95 Å². The molecule has 8 nitrogen and oxygen atoms in total. The normalized spacial score (nSPS) is 15.6. The molecule has 0 saturated carbocycles. The summed E-state index contributed by atoms with van der Waals surface area (Å²) in [6, 6.07) is 9.93. The van der Waals surface area contributed by atoms with Crippen LogP contribution in [0.3, 0.4) is 0 Å². The smallest absolute Gasteiger partial charge is 0.225 e. The number of aliphatic imine (C=N–C) groups is 1. The van der Waals surface area contributed by atoms with E-state index in [-0.39, 0.29) is 30.1 Å². The Balaban J connectivity index is 0.00000363. The van der Waals surface area contributed by atoms with Gasteiger partial charge in [-0.25, -0.2) is 15.0 Å². The van der Waals surface area contributed by atoms with Gasteiger partial charge in [-0.3, -0.25) is 4.90 Å². The van der Waals surface area contributed by atoms with Crippen LogP contribution in [0, 0.1) is 6.92 Å². The molecule has 1 aromatic carbocycles. The highest BCUT2D eigenvalue weighted by Crippen LogP contribution is 2.17. The van der Waals surface area contributed by atoms with Crippen molar-refractivity contribution in [2.45, 2.75) is 26.9 Å². The molecule has 2 heterocycles. The summed E-state index contributed by atoms with van der Waals surface area (Å²) >= 11 is 0. The van der Waals surface area contributed by atoms with E-state index in [1.807, 2.05) is 24.3 Å². The monoisotopic (exact) mass is 553 g/mol. The number of guanidine groups is 1. The van der Waals surface area contributed by atoms with Crippen molar-refractivity contribution < 1.29 is 4.74 Å². The number of piperazine rings is 1. The molecule has 0 spiro atoms. The largest absolute Gasteiger partial charge is 0.489 e. The van der Waals surface area contributed by atoms with E-state index in [0.29, 0.717) is 6.54 Å². The zero-order valence-electron chi connectivity index (χ0n) is 19.3. The highest BCUT2D eigenvalue weighted by molar-refractivity contribution is 14.0. The van der Waals surface area contributed by atoms with Crippen molar-refractivity contribution in [1.29, 1.82) is 0 Å². The minimum absolute atomic E-state index is 0. The number of rotatable bonds is 9. The highest BCUT2D eigenvalue weighted by Gasteiger charge is 2.18. The number of nitrogens with zero attached hydrogens (tertiary/aromatic N) is 5. The van der Waals surface area contributed by atoms with E-state index in [1.54, 1.807) is 12.4 Å². The van der Waals surface area contributed by atoms with Crippen LogP contribution in [0.15, 0.2) is 47.7 Å². The van der Waals surface area contributed by atoms with E-state index < -0.39 is 0 Å². The standard InChI is InChI=1S/C23H35N7O.HI/c1-4-24-22(28-18-20(3)31-21-9-6-5-8-19(21)2)25-12-13-29-14-16-30(17-15-29)23-26-10-7-11-27-23;/h5-11,20H,4,12-18H2,1-3H3,(H2,24,25,28);1H. The number of ether oxygens (including phenoxy) is 1. The van der Waals surface area contributed by atoms with E-state index in [4.69, 9.17) is 9.73 Å². The Morgan fingerprint density at radius 3 is 2.50 bits per heavy atom. The van der Waals surface area contributed by atoms with Gasteiger partial charge >= 0.3 is 0 Å². The lowest BCUT2D eigenvalue weighted by molar-refractivity contribution is 0.228. The van der Waals surface area contributed by atoms with Gasteiger partial charge in [-0.05, 0) is 38.5 Å². The average molecular weight is 553 g/mol. The summed E-state index contributed by atoms with van der Waals surface area (Å²) in [6.45, 7) is 13.4. The Morgan fingerprint density at radius 1 is 1.09 bits per heavy atom. The van der Waals surface area contributed by atoms with Crippen molar-refractivity contribution in [3.05, 3.63) is 48.3 Å². The number of hydrogen-bond donors (Lipinski definition) is 2. The van der Waals surface area contributed by atoms with Gasteiger partial charge in [0.1, 0.15) is 11.9 Å². The summed E-state index contributed by atoms with van der Waals surface area (Å²) in [5.74, 6) is 2.58. The predicted octanol–water partition coefficient (Wildman–Crippen LogP) is 2.55. The number of nitrogens with one attached hydrogen (secondary N) is 2. The van der Waals surface area contributed by atoms with Crippen LogP contribution in [-0.2, 0) is 0 Å². The third-order valence-corrected chi connectivity index (χ3v) is 5.20. The van der Waals surface area contributed by atoms with Crippen molar-refractivity contribution in [2.24, 2.45) is 4.99 Å². The fraction of sp³-hybridized carbons (Fsp3) is 0.522. The molecule has 0 radical (unpaired) electrons. The number of benzene rings is 1. The Hall–Kier alpha value is -2.14. The summed E-state index contributed by atoms with van der Waals surface area (Å²) < 4.78 is 6.03.